The van der Waals surface area contributed by atoms with Crippen molar-refractivity contribution in [2.24, 2.45) is 0 Å². The van der Waals surface area contributed by atoms with Crippen LogP contribution in [0.4, 0.5) is 0 Å². The summed E-state index contributed by atoms with van der Waals surface area (Å²) in [5, 5.41) is 0. The average molecular weight is 346 g/mol. The zero-order valence-electron chi connectivity index (χ0n) is 9.90. The van der Waals surface area contributed by atoms with Gasteiger partial charge in [-0.1, -0.05) is 19.1 Å². The zero-order chi connectivity index (χ0) is 12.7. The van der Waals surface area contributed by atoms with E-state index in [2.05, 4.69) is 27.3 Å². The first-order valence-corrected chi connectivity index (χ1v) is 6.41. The van der Waals surface area contributed by atoms with Crippen LogP contribution in [-0.2, 0) is 9.53 Å². The van der Waals surface area contributed by atoms with E-state index in [9.17, 15) is 4.79 Å². The number of carbonyl (C=O) groups excluding carboxylic acids is 1. The monoisotopic (exact) mass is 346 g/mol. The smallest absolute Gasteiger partial charge is 0.333 e. The number of hydrogen-bond acceptors (Lipinski definition) is 3. The second-order valence-corrected chi connectivity index (χ2v) is 4.48. The molecule has 92 valence electrons. The molecule has 0 fully saturated rings. The second-order valence-electron chi connectivity index (χ2n) is 3.32. The van der Waals surface area contributed by atoms with Gasteiger partial charge in [0.2, 0.25) is 0 Å². The number of benzene rings is 1. The molecule has 0 aliphatic rings. The van der Waals surface area contributed by atoms with E-state index < -0.39 is 0 Å². The van der Waals surface area contributed by atoms with Gasteiger partial charge in [0.15, 0.2) is 0 Å². The van der Waals surface area contributed by atoms with Gasteiger partial charge in [-0.2, -0.15) is 0 Å². The average Bonchev–Trinajstić information content (AvgIpc) is 2.36. The number of ether oxygens (including phenoxy) is 2. The minimum absolute atomic E-state index is 0.293. The van der Waals surface area contributed by atoms with Crippen LogP contribution in [0.15, 0.2) is 35.9 Å². The lowest BCUT2D eigenvalue weighted by molar-refractivity contribution is -0.136. The Labute approximate surface area is 115 Å². The summed E-state index contributed by atoms with van der Waals surface area (Å²) in [7, 11) is 1.38. The summed E-state index contributed by atoms with van der Waals surface area (Å²) < 4.78 is 11.3. The molecule has 17 heavy (non-hydrogen) atoms. The molecule has 0 spiro atoms. The van der Waals surface area contributed by atoms with Gasteiger partial charge < -0.3 is 9.47 Å². The molecule has 0 radical (unpaired) electrons. The number of rotatable bonds is 5. The Kier molecular flexibility index (Phi) is 6.04. The van der Waals surface area contributed by atoms with Crippen LogP contribution in [0.3, 0.4) is 0 Å². The van der Waals surface area contributed by atoms with Crippen LogP contribution in [-0.4, -0.2) is 19.7 Å². The van der Waals surface area contributed by atoms with Crippen LogP contribution < -0.4 is 4.74 Å². The van der Waals surface area contributed by atoms with Crippen molar-refractivity contribution in [2.75, 3.05) is 13.7 Å². The van der Waals surface area contributed by atoms with E-state index in [0.717, 1.165) is 9.32 Å². The highest BCUT2D eigenvalue weighted by molar-refractivity contribution is 14.1. The zero-order valence-corrected chi connectivity index (χ0v) is 12.1. The minimum atomic E-state index is -0.293. The van der Waals surface area contributed by atoms with Crippen molar-refractivity contribution in [2.45, 2.75) is 13.3 Å². The summed E-state index contributed by atoms with van der Waals surface area (Å²) in [4.78, 5) is 11.3. The normalized spacial score (nSPS) is 11.1. The van der Waals surface area contributed by atoms with Crippen LogP contribution >= 0.6 is 22.6 Å². The Balaban J connectivity index is 2.59. The third-order valence-electron chi connectivity index (χ3n) is 2.23. The first kappa shape index (κ1) is 14.0. The molecule has 1 aromatic rings. The van der Waals surface area contributed by atoms with Gasteiger partial charge in [-0.25, -0.2) is 4.79 Å². The molecule has 0 bridgehead atoms. The second kappa shape index (κ2) is 7.32. The van der Waals surface area contributed by atoms with Crippen molar-refractivity contribution in [3.05, 3.63) is 39.5 Å². The summed E-state index contributed by atoms with van der Waals surface area (Å²) in [5.74, 6) is 0.531. The number of halogens is 1. The molecule has 0 saturated carbocycles. The Bertz CT molecular complexity index is 413. The lowest BCUT2D eigenvalue weighted by Crippen LogP contribution is -2.06. The minimum Gasteiger partial charge on any atom is -0.488 e. The van der Waals surface area contributed by atoms with Crippen LogP contribution in [0.25, 0.3) is 0 Å². The standard InChI is InChI=1S/C13H15IO3/c1-3-10(13(15)16-2)8-9-17-12-7-5-4-6-11(12)14/h4-8H,3,9H2,1-2H3. The van der Waals surface area contributed by atoms with Gasteiger partial charge in [0.1, 0.15) is 12.4 Å². The molecule has 0 N–H and O–H groups in total. The molecule has 0 aliphatic heterocycles. The van der Waals surface area contributed by atoms with Crippen LogP contribution in [0, 0.1) is 3.57 Å². The molecule has 0 unspecified atom stereocenters. The van der Waals surface area contributed by atoms with Gasteiger partial charge in [-0.15, -0.1) is 0 Å². The lowest BCUT2D eigenvalue weighted by atomic mass is 10.2. The summed E-state index contributed by atoms with van der Waals surface area (Å²) in [6, 6.07) is 7.75. The van der Waals surface area contributed by atoms with Gasteiger partial charge in [-0.3, -0.25) is 0 Å². The topological polar surface area (TPSA) is 35.5 Å². The molecule has 0 aliphatic carbocycles. The first-order chi connectivity index (χ1) is 8.19. The molecule has 1 rings (SSSR count). The number of methoxy groups -OCH3 is 1. The van der Waals surface area contributed by atoms with Gasteiger partial charge in [0.05, 0.1) is 10.7 Å². The molecule has 0 aromatic heterocycles. The van der Waals surface area contributed by atoms with Crippen molar-refractivity contribution < 1.29 is 14.3 Å². The van der Waals surface area contributed by atoms with E-state index >= 15 is 0 Å². The molecule has 4 heteroatoms. The SMILES string of the molecule is CCC(=CCOc1ccccc1I)C(=O)OC. The van der Waals surface area contributed by atoms with Gasteiger partial charge in [-0.05, 0) is 47.2 Å². The molecule has 3 nitrogen and oxygen atoms in total. The lowest BCUT2D eigenvalue weighted by Gasteiger charge is -2.06. The first-order valence-electron chi connectivity index (χ1n) is 5.33. The fourth-order valence-electron chi connectivity index (χ4n) is 1.30. The van der Waals surface area contributed by atoms with Gasteiger partial charge in [0.25, 0.3) is 0 Å². The van der Waals surface area contributed by atoms with Crippen molar-refractivity contribution in [3.63, 3.8) is 0 Å². The van der Waals surface area contributed by atoms with Gasteiger partial charge >= 0.3 is 5.97 Å². The van der Waals surface area contributed by atoms with E-state index in [-0.39, 0.29) is 5.97 Å². The van der Waals surface area contributed by atoms with E-state index in [0.29, 0.717) is 18.6 Å². The van der Waals surface area contributed by atoms with Crippen LogP contribution in [0.1, 0.15) is 13.3 Å². The highest BCUT2D eigenvalue weighted by Crippen LogP contribution is 2.19. The molecular weight excluding hydrogens is 331 g/mol. The predicted octanol–water partition coefficient (Wildman–Crippen LogP) is 3.18. The van der Waals surface area contributed by atoms with Crippen molar-refractivity contribution in [1.82, 2.24) is 0 Å². The fraction of sp³-hybridized carbons (Fsp3) is 0.308. The van der Waals surface area contributed by atoms with E-state index in [1.54, 1.807) is 6.08 Å². The largest absolute Gasteiger partial charge is 0.488 e. The summed E-state index contributed by atoms with van der Waals surface area (Å²) in [5.41, 5.74) is 0.637. The Morgan fingerprint density at radius 3 is 2.71 bits per heavy atom. The summed E-state index contributed by atoms with van der Waals surface area (Å²) in [6.07, 6.45) is 2.40. The van der Waals surface area contributed by atoms with E-state index in [1.807, 2.05) is 31.2 Å². The quantitative estimate of drug-likeness (QED) is 0.467. The van der Waals surface area contributed by atoms with Crippen molar-refractivity contribution >= 4 is 28.6 Å². The molecule has 0 saturated heterocycles. The van der Waals surface area contributed by atoms with E-state index in [4.69, 9.17) is 4.74 Å². The number of para-hydroxylation sites is 1. The maximum Gasteiger partial charge on any atom is 0.333 e. The number of esters is 1. The highest BCUT2D eigenvalue weighted by Gasteiger charge is 2.06. The predicted molar refractivity (Wildman–Crippen MR) is 75.0 cm³/mol. The Morgan fingerprint density at radius 2 is 2.12 bits per heavy atom. The van der Waals surface area contributed by atoms with Gasteiger partial charge in [0, 0.05) is 5.57 Å². The van der Waals surface area contributed by atoms with Crippen LogP contribution in [0.2, 0.25) is 0 Å². The van der Waals surface area contributed by atoms with Crippen molar-refractivity contribution in [1.29, 1.82) is 0 Å². The molecular formula is C13H15IO3. The maximum absolute atomic E-state index is 11.3. The van der Waals surface area contributed by atoms with Crippen LogP contribution in [0.5, 0.6) is 5.75 Å². The summed E-state index contributed by atoms with van der Waals surface area (Å²) in [6.45, 7) is 2.29. The molecule has 0 atom stereocenters. The molecule has 1 aromatic carbocycles. The number of carbonyl (C=O) groups is 1. The third-order valence-corrected chi connectivity index (χ3v) is 3.12. The third kappa shape index (κ3) is 4.38. The Hall–Kier alpha value is -1.04. The summed E-state index contributed by atoms with van der Waals surface area (Å²) >= 11 is 2.21. The fourth-order valence-corrected chi connectivity index (χ4v) is 1.84. The molecule has 0 heterocycles. The number of hydrogen-bond donors (Lipinski definition) is 0. The highest BCUT2D eigenvalue weighted by atomic mass is 127. The molecule has 0 amide bonds. The Morgan fingerprint density at radius 1 is 1.41 bits per heavy atom. The van der Waals surface area contributed by atoms with Crippen molar-refractivity contribution in [3.8, 4) is 5.75 Å². The van der Waals surface area contributed by atoms with E-state index in [1.165, 1.54) is 7.11 Å². The maximum atomic E-state index is 11.3.